The average molecular weight is 201 g/mol. The van der Waals surface area contributed by atoms with Crippen molar-refractivity contribution in [1.29, 1.82) is 0 Å². The van der Waals surface area contributed by atoms with Gasteiger partial charge in [0, 0.05) is 12.9 Å². The summed E-state index contributed by atoms with van der Waals surface area (Å²) < 4.78 is 14.1. The van der Waals surface area contributed by atoms with Gasteiger partial charge in [0.05, 0.1) is 12.8 Å². The van der Waals surface area contributed by atoms with E-state index in [0.717, 1.165) is 0 Å². The number of carbonyl (C=O) groups excluding carboxylic acids is 1. The summed E-state index contributed by atoms with van der Waals surface area (Å²) in [7, 11) is -4.08. The summed E-state index contributed by atoms with van der Waals surface area (Å²) in [5.41, 5.74) is 0. The molecular formula is C3H8NO5PS. The first-order valence-electron chi connectivity index (χ1n) is 2.55. The van der Waals surface area contributed by atoms with Gasteiger partial charge in [-0.3, -0.25) is 9.88 Å². The molecule has 6 nitrogen and oxygen atoms in total. The SMILES string of the molecule is O=C(CNCP(=O)(O)O)OS. The Morgan fingerprint density at radius 3 is 2.55 bits per heavy atom. The Bertz CT molecular complexity index is 179. The summed E-state index contributed by atoms with van der Waals surface area (Å²) in [6.45, 7) is -0.269. The van der Waals surface area contributed by atoms with Crippen LogP contribution in [0.3, 0.4) is 0 Å². The lowest BCUT2D eigenvalue weighted by Crippen LogP contribution is -2.23. The predicted molar refractivity (Wildman–Crippen MR) is 40.0 cm³/mol. The molecule has 3 N–H and O–H groups in total. The van der Waals surface area contributed by atoms with Gasteiger partial charge < -0.3 is 14.0 Å². The molecule has 0 radical (unpaired) electrons. The summed E-state index contributed by atoms with van der Waals surface area (Å²) in [5.74, 6) is -0.693. The Balaban J connectivity index is 3.43. The summed E-state index contributed by atoms with van der Waals surface area (Å²) in [5, 5.41) is 2.19. The van der Waals surface area contributed by atoms with E-state index in [4.69, 9.17) is 9.79 Å². The monoisotopic (exact) mass is 201 g/mol. The van der Waals surface area contributed by atoms with Crippen LogP contribution in [-0.2, 0) is 13.5 Å². The smallest absolute Gasteiger partial charge is 0.339 e. The molecule has 0 heterocycles. The maximum Gasteiger partial charge on any atom is 0.339 e. The molecule has 0 rings (SSSR count). The third-order valence-corrected chi connectivity index (χ3v) is 1.53. The van der Waals surface area contributed by atoms with Gasteiger partial charge in [-0.05, 0) is 0 Å². The van der Waals surface area contributed by atoms with Gasteiger partial charge in [0.25, 0.3) is 0 Å². The van der Waals surface area contributed by atoms with E-state index in [1.807, 2.05) is 0 Å². The maximum atomic E-state index is 10.3. The molecule has 0 atom stereocenters. The third-order valence-electron chi connectivity index (χ3n) is 0.689. The number of hydrogen-bond donors (Lipinski definition) is 4. The van der Waals surface area contributed by atoms with Crippen molar-refractivity contribution in [3.05, 3.63) is 0 Å². The fraction of sp³-hybridized carbons (Fsp3) is 0.667. The molecule has 8 heteroatoms. The van der Waals surface area contributed by atoms with Crippen LogP contribution >= 0.6 is 20.5 Å². The largest absolute Gasteiger partial charge is 0.394 e. The van der Waals surface area contributed by atoms with Crippen molar-refractivity contribution in [2.45, 2.75) is 0 Å². The molecule has 0 spiro atoms. The standard InChI is InChI=1S/C3H8NO5PS/c5-3(9-11)1-4-2-10(6,7)8/h4,11H,1-2H2,(H2,6,7,8). The zero-order valence-electron chi connectivity index (χ0n) is 5.43. The molecule has 11 heavy (non-hydrogen) atoms. The zero-order chi connectivity index (χ0) is 8.91. The lowest BCUT2D eigenvalue weighted by atomic mass is 10.7. The van der Waals surface area contributed by atoms with Gasteiger partial charge in [-0.1, -0.05) is 0 Å². The van der Waals surface area contributed by atoms with Crippen molar-refractivity contribution in [3.63, 3.8) is 0 Å². The number of carbonyl (C=O) groups is 1. The van der Waals surface area contributed by atoms with E-state index in [1.54, 1.807) is 0 Å². The van der Waals surface area contributed by atoms with Crippen molar-refractivity contribution in [3.8, 4) is 0 Å². The fourth-order valence-corrected chi connectivity index (χ4v) is 0.804. The molecular weight excluding hydrogens is 193 g/mol. The summed E-state index contributed by atoms with van der Waals surface area (Å²) in [4.78, 5) is 26.8. The highest BCUT2D eigenvalue weighted by atomic mass is 32.1. The highest BCUT2D eigenvalue weighted by molar-refractivity contribution is 7.75. The molecule has 0 unspecified atom stereocenters. The second kappa shape index (κ2) is 4.74. The van der Waals surface area contributed by atoms with Crippen LogP contribution < -0.4 is 5.32 Å². The molecule has 0 aliphatic carbocycles. The lowest BCUT2D eigenvalue weighted by Gasteiger charge is -2.03. The van der Waals surface area contributed by atoms with E-state index in [1.165, 1.54) is 0 Å². The van der Waals surface area contributed by atoms with Gasteiger partial charge in [-0.2, -0.15) is 0 Å². The second-order valence-corrected chi connectivity index (χ2v) is 3.54. The first-order chi connectivity index (χ1) is 4.95. The minimum atomic E-state index is -4.08. The van der Waals surface area contributed by atoms with Gasteiger partial charge in [0.1, 0.15) is 0 Å². The molecule has 0 saturated heterocycles. The van der Waals surface area contributed by atoms with Crippen LogP contribution in [0.1, 0.15) is 0 Å². The predicted octanol–water partition coefficient (Wildman–Crippen LogP) is -0.901. The molecule has 0 aliphatic rings. The van der Waals surface area contributed by atoms with Gasteiger partial charge in [0.15, 0.2) is 0 Å². The number of thiol groups is 1. The number of hydrogen-bond acceptors (Lipinski definition) is 5. The molecule has 0 aromatic rings. The van der Waals surface area contributed by atoms with Crippen LogP contribution in [0.4, 0.5) is 0 Å². The van der Waals surface area contributed by atoms with E-state index in [2.05, 4.69) is 22.4 Å². The second-order valence-electron chi connectivity index (χ2n) is 1.71. The van der Waals surface area contributed by atoms with Crippen molar-refractivity contribution >= 4 is 26.5 Å². The molecule has 0 amide bonds. The molecule has 66 valence electrons. The zero-order valence-corrected chi connectivity index (χ0v) is 7.22. The quantitative estimate of drug-likeness (QED) is 0.267. The fourth-order valence-electron chi connectivity index (χ4n) is 0.336. The van der Waals surface area contributed by atoms with Crippen LogP contribution in [0.2, 0.25) is 0 Å². The molecule has 0 saturated carbocycles. The molecule has 0 aromatic carbocycles. The van der Waals surface area contributed by atoms with Crippen molar-refractivity contribution in [2.75, 3.05) is 12.8 Å². The van der Waals surface area contributed by atoms with E-state index < -0.39 is 19.9 Å². The van der Waals surface area contributed by atoms with Crippen LogP contribution in [-0.4, -0.2) is 28.6 Å². The Hall–Kier alpha value is -0.0700. The van der Waals surface area contributed by atoms with Gasteiger partial charge in [-0.15, -0.1) is 0 Å². The number of rotatable bonds is 4. The third kappa shape index (κ3) is 7.83. The number of nitrogens with one attached hydrogen (secondary N) is 1. The summed E-state index contributed by atoms with van der Waals surface area (Å²) in [6, 6.07) is 0. The normalized spacial score (nSPS) is 11.2. The lowest BCUT2D eigenvalue weighted by molar-refractivity contribution is -0.131. The maximum absolute atomic E-state index is 10.3. The van der Waals surface area contributed by atoms with E-state index in [0.29, 0.717) is 0 Å². The molecule has 0 bridgehead atoms. The van der Waals surface area contributed by atoms with E-state index >= 15 is 0 Å². The first-order valence-corrected chi connectivity index (χ1v) is 4.71. The minimum Gasteiger partial charge on any atom is -0.394 e. The Morgan fingerprint density at radius 2 is 2.18 bits per heavy atom. The minimum absolute atomic E-state index is 0.269. The first kappa shape index (κ1) is 10.9. The van der Waals surface area contributed by atoms with Crippen molar-refractivity contribution in [2.24, 2.45) is 0 Å². The van der Waals surface area contributed by atoms with Crippen LogP contribution in [0.5, 0.6) is 0 Å². The van der Waals surface area contributed by atoms with E-state index in [9.17, 15) is 9.36 Å². The Labute approximate surface area is 68.7 Å². The van der Waals surface area contributed by atoms with Gasteiger partial charge >= 0.3 is 13.6 Å². The Kier molecular flexibility index (Phi) is 4.71. The van der Waals surface area contributed by atoms with Crippen LogP contribution in [0, 0.1) is 0 Å². The average Bonchev–Trinajstić information content (AvgIpc) is 1.85. The van der Waals surface area contributed by atoms with Crippen molar-refractivity contribution < 1.29 is 23.3 Å². The van der Waals surface area contributed by atoms with Crippen molar-refractivity contribution in [1.82, 2.24) is 5.32 Å². The topological polar surface area (TPSA) is 95.9 Å². The van der Waals surface area contributed by atoms with Gasteiger partial charge in [-0.25, -0.2) is 4.79 Å². The molecule has 0 aromatic heterocycles. The summed E-state index contributed by atoms with van der Waals surface area (Å²) >= 11 is 3.18. The summed E-state index contributed by atoms with van der Waals surface area (Å²) in [6.07, 6.45) is -0.546. The van der Waals surface area contributed by atoms with E-state index in [-0.39, 0.29) is 6.54 Å². The van der Waals surface area contributed by atoms with Gasteiger partial charge in [0.2, 0.25) is 0 Å². The van der Waals surface area contributed by atoms with Crippen LogP contribution in [0.25, 0.3) is 0 Å². The highest BCUT2D eigenvalue weighted by Gasteiger charge is 2.12. The Morgan fingerprint density at radius 1 is 1.64 bits per heavy atom. The van der Waals surface area contributed by atoms with Crippen LogP contribution in [0.15, 0.2) is 0 Å². The molecule has 0 fully saturated rings. The molecule has 0 aliphatic heterocycles. The highest BCUT2D eigenvalue weighted by Crippen LogP contribution is 2.31.